The molecule has 0 bridgehead atoms. The number of imide groups is 1. The molecular weight excluding hydrogens is 354 g/mol. The van der Waals surface area contributed by atoms with E-state index in [1.54, 1.807) is 15.7 Å². The van der Waals surface area contributed by atoms with Crippen LogP contribution in [0.2, 0.25) is 0 Å². The van der Waals surface area contributed by atoms with Crippen LogP contribution < -0.4 is 19.1 Å². The zero-order chi connectivity index (χ0) is 18.8. The van der Waals surface area contributed by atoms with Crippen LogP contribution in [0.1, 0.15) is 19.4 Å². The number of fused-ring (bicyclic) bond motifs is 1. The van der Waals surface area contributed by atoms with Crippen LogP contribution in [0.15, 0.2) is 18.2 Å². The SMILES string of the molecule is CONS(=O)(=O)NC(=O)N(C)C(=O)Oc1cccc2c1OC(C)(C)C2. The summed E-state index contributed by atoms with van der Waals surface area (Å²) in [5.41, 5.74) is 0.433. The lowest BCUT2D eigenvalue weighted by Gasteiger charge is -2.19. The molecule has 0 radical (unpaired) electrons. The standard InChI is InChI=1S/C14H19N3O7S/c1-14(2)8-9-6-5-7-10(11(9)24-14)23-13(19)17(3)12(18)15-25(20,21)16-22-4/h5-7,16H,8H2,1-4H3,(H,15,18). The number of nitrogens with zero attached hydrogens (tertiary/aromatic N) is 1. The molecule has 0 saturated carbocycles. The molecule has 1 aromatic rings. The average Bonchev–Trinajstić information content (AvgIpc) is 2.80. The van der Waals surface area contributed by atoms with E-state index in [0.717, 1.165) is 19.7 Å². The minimum atomic E-state index is -4.25. The van der Waals surface area contributed by atoms with Crippen molar-refractivity contribution in [2.45, 2.75) is 25.9 Å². The Morgan fingerprint density at radius 3 is 2.64 bits per heavy atom. The number of rotatable bonds is 4. The van der Waals surface area contributed by atoms with E-state index >= 15 is 0 Å². The molecule has 1 aliphatic rings. The van der Waals surface area contributed by atoms with E-state index in [4.69, 9.17) is 9.47 Å². The molecule has 3 amide bonds. The lowest BCUT2D eigenvalue weighted by atomic mass is 10.0. The van der Waals surface area contributed by atoms with Crippen molar-refractivity contribution in [2.24, 2.45) is 0 Å². The summed E-state index contributed by atoms with van der Waals surface area (Å²) in [6, 6.07) is 3.84. The van der Waals surface area contributed by atoms with Crippen LogP contribution in [0.3, 0.4) is 0 Å². The number of para-hydroxylation sites is 1. The Labute approximate surface area is 145 Å². The Hall–Kier alpha value is -2.37. The number of ether oxygens (including phenoxy) is 2. The molecule has 1 aromatic carbocycles. The van der Waals surface area contributed by atoms with E-state index in [1.807, 2.05) is 19.9 Å². The number of amides is 3. The second kappa shape index (κ2) is 6.86. The maximum Gasteiger partial charge on any atom is 0.423 e. The predicted octanol–water partition coefficient (Wildman–Crippen LogP) is 0.936. The second-order valence-electron chi connectivity index (χ2n) is 5.91. The zero-order valence-corrected chi connectivity index (χ0v) is 15.0. The van der Waals surface area contributed by atoms with Crippen molar-refractivity contribution in [3.63, 3.8) is 0 Å². The third-order valence-corrected chi connectivity index (χ3v) is 4.07. The fraction of sp³-hybridized carbons (Fsp3) is 0.429. The van der Waals surface area contributed by atoms with E-state index in [9.17, 15) is 18.0 Å². The van der Waals surface area contributed by atoms with Crippen molar-refractivity contribution in [1.82, 2.24) is 14.5 Å². The van der Waals surface area contributed by atoms with Gasteiger partial charge in [0.15, 0.2) is 11.5 Å². The number of carbonyl (C=O) groups excluding carboxylic acids is 2. The monoisotopic (exact) mass is 373 g/mol. The molecule has 25 heavy (non-hydrogen) atoms. The van der Waals surface area contributed by atoms with Gasteiger partial charge >= 0.3 is 22.3 Å². The fourth-order valence-electron chi connectivity index (χ4n) is 2.23. The summed E-state index contributed by atoms with van der Waals surface area (Å²) < 4.78 is 35.3. The molecule has 11 heteroatoms. The average molecular weight is 373 g/mol. The highest BCUT2D eigenvalue weighted by Gasteiger charge is 2.33. The summed E-state index contributed by atoms with van der Waals surface area (Å²) in [5.74, 6) is 0.564. The molecule has 138 valence electrons. The van der Waals surface area contributed by atoms with E-state index in [0.29, 0.717) is 17.1 Å². The van der Waals surface area contributed by atoms with Crippen LogP contribution in [0.25, 0.3) is 0 Å². The minimum absolute atomic E-state index is 0.144. The summed E-state index contributed by atoms with van der Waals surface area (Å²) in [6.45, 7) is 3.79. The number of hydrogen-bond acceptors (Lipinski definition) is 7. The van der Waals surface area contributed by atoms with Gasteiger partial charge in [-0.15, -0.1) is 0 Å². The van der Waals surface area contributed by atoms with Gasteiger partial charge in [0.25, 0.3) is 0 Å². The molecule has 0 spiro atoms. The van der Waals surface area contributed by atoms with Crippen molar-refractivity contribution in [1.29, 1.82) is 0 Å². The molecule has 0 atom stereocenters. The molecule has 10 nitrogen and oxygen atoms in total. The number of hydrogen-bond donors (Lipinski definition) is 2. The van der Waals surface area contributed by atoms with Crippen LogP contribution in [0.5, 0.6) is 11.5 Å². The van der Waals surface area contributed by atoms with Crippen molar-refractivity contribution >= 4 is 22.3 Å². The largest absolute Gasteiger partial charge is 0.483 e. The first kappa shape index (κ1) is 19.0. The quantitative estimate of drug-likeness (QED) is 0.753. The second-order valence-corrected chi connectivity index (χ2v) is 7.29. The summed E-state index contributed by atoms with van der Waals surface area (Å²) in [7, 11) is -2.13. The number of nitrogens with one attached hydrogen (secondary N) is 2. The highest BCUT2D eigenvalue weighted by atomic mass is 32.2. The van der Waals surface area contributed by atoms with E-state index in [1.165, 1.54) is 6.07 Å². The van der Waals surface area contributed by atoms with Gasteiger partial charge in [-0.2, -0.15) is 8.42 Å². The highest BCUT2D eigenvalue weighted by molar-refractivity contribution is 7.87. The van der Waals surface area contributed by atoms with Crippen molar-refractivity contribution in [2.75, 3.05) is 14.2 Å². The summed E-state index contributed by atoms with van der Waals surface area (Å²) >= 11 is 0. The van der Waals surface area contributed by atoms with Gasteiger partial charge in [0.05, 0.1) is 7.11 Å². The van der Waals surface area contributed by atoms with Gasteiger partial charge in [-0.1, -0.05) is 17.0 Å². The third kappa shape index (κ3) is 4.59. The lowest BCUT2D eigenvalue weighted by Crippen LogP contribution is -2.48. The molecule has 1 aliphatic heterocycles. The maximum absolute atomic E-state index is 12.1. The molecule has 0 aromatic heterocycles. The normalized spacial score (nSPS) is 15.0. The topological polar surface area (TPSA) is 123 Å². The Kier molecular flexibility index (Phi) is 5.20. The van der Waals surface area contributed by atoms with Gasteiger partial charge in [0.1, 0.15) is 5.60 Å². The molecular formula is C14H19N3O7S. The van der Waals surface area contributed by atoms with Crippen LogP contribution in [0.4, 0.5) is 9.59 Å². The molecule has 0 fully saturated rings. The smallest absolute Gasteiger partial charge is 0.423 e. The van der Waals surface area contributed by atoms with Gasteiger partial charge < -0.3 is 9.47 Å². The lowest BCUT2D eigenvalue weighted by molar-refractivity contribution is 0.129. The van der Waals surface area contributed by atoms with Gasteiger partial charge in [0.2, 0.25) is 0 Å². The van der Waals surface area contributed by atoms with Gasteiger partial charge in [-0.3, -0.25) is 4.84 Å². The van der Waals surface area contributed by atoms with Crippen LogP contribution in [0, 0.1) is 0 Å². The number of carbonyl (C=O) groups is 2. The van der Waals surface area contributed by atoms with Gasteiger partial charge in [0, 0.05) is 19.0 Å². The third-order valence-electron chi connectivity index (χ3n) is 3.25. The Morgan fingerprint density at radius 2 is 2.00 bits per heavy atom. The van der Waals surface area contributed by atoms with Gasteiger partial charge in [-0.25, -0.2) is 19.2 Å². The highest BCUT2D eigenvalue weighted by Crippen LogP contribution is 2.41. The van der Waals surface area contributed by atoms with E-state index in [2.05, 4.69) is 4.84 Å². The molecule has 0 saturated heterocycles. The summed E-state index contributed by atoms with van der Waals surface area (Å²) in [5, 5.41) is 0. The van der Waals surface area contributed by atoms with Crippen LogP contribution in [-0.2, 0) is 21.5 Å². The molecule has 0 unspecified atom stereocenters. The van der Waals surface area contributed by atoms with Crippen LogP contribution in [-0.4, -0.2) is 45.2 Å². The first-order valence-electron chi connectivity index (χ1n) is 7.17. The molecule has 1 heterocycles. The van der Waals surface area contributed by atoms with Crippen molar-refractivity contribution in [3.05, 3.63) is 23.8 Å². The predicted molar refractivity (Wildman–Crippen MR) is 86.2 cm³/mol. The Balaban J connectivity index is 2.08. The number of benzene rings is 1. The first-order chi connectivity index (χ1) is 11.5. The molecule has 2 N–H and O–H groups in total. The van der Waals surface area contributed by atoms with E-state index < -0.39 is 27.9 Å². The van der Waals surface area contributed by atoms with Crippen molar-refractivity contribution < 1.29 is 32.3 Å². The molecule has 2 rings (SSSR count). The first-order valence-corrected chi connectivity index (χ1v) is 8.66. The zero-order valence-electron chi connectivity index (χ0n) is 14.2. The maximum atomic E-state index is 12.1. The van der Waals surface area contributed by atoms with E-state index in [-0.39, 0.29) is 5.75 Å². The molecule has 0 aliphatic carbocycles. The minimum Gasteiger partial charge on any atom is -0.483 e. The Morgan fingerprint density at radius 1 is 1.32 bits per heavy atom. The Bertz CT molecular complexity index is 792. The summed E-state index contributed by atoms with van der Waals surface area (Å²) in [4.78, 5) is 30.2. The van der Waals surface area contributed by atoms with Gasteiger partial charge in [-0.05, 0) is 19.9 Å². The van der Waals surface area contributed by atoms with Crippen LogP contribution >= 0.6 is 0 Å². The number of urea groups is 1. The summed E-state index contributed by atoms with van der Waals surface area (Å²) in [6.07, 6.45) is -0.433. The fourth-order valence-corrected chi connectivity index (χ4v) is 2.86. The van der Waals surface area contributed by atoms with Crippen molar-refractivity contribution in [3.8, 4) is 11.5 Å².